The van der Waals surface area contributed by atoms with Gasteiger partial charge in [-0.2, -0.15) is 0 Å². The maximum absolute atomic E-state index is 2.37. The molecule has 0 saturated heterocycles. The number of allylic oxidation sites excluding steroid dienone is 5. The Kier molecular flexibility index (Phi) is 4.40. The lowest BCUT2D eigenvalue weighted by atomic mass is 9.93. The zero-order valence-electron chi connectivity index (χ0n) is 11.6. The molecule has 1 rings (SSSR count). The van der Waals surface area contributed by atoms with Crippen molar-refractivity contribution in [2.24, 2.45) is 0 Å². The standard InChI is InChI=1S/C15H25N/c1-7-14(8-2)13(5)15-9-11(3)16(6)12(4)10-15/h9-11H,7-8H2,1-6H3. The maximum Gasteiger partial charge on any atom is 0.0447 e. The molecule has 0 radical (unpaired) electrons. The molecule has 0 bridgehead atoms. The first-order chi connectivity index (χ1) is 7.51. The fraction of sp³-hybridized carbons (Fsp3) is 0.600. The van der Waals surface area contributed by atoms with Gasteiger partial charge in [0.15, 0.2) is 0 Å². The molecule has 0 fully saturated rings. The smallest absolute Gasteiger partial charge is 0.0447 e. The first-order valence-corrected chi connectivity index (χ1v) is 6.33. The van der Waals surface area contributed by atoms with Crippen molar-refractivity contribution in [1.82, 2.24) is 4.90 Å². The molecular formula is C15H25N. The molecule has 0 saturated carbocycles. The third-order valence-corrected chi connectivity index (χ3v) is 3.77. The molecule has 1 aliphatic heterocycles. The summed E-state index contributed by atoms with van der Waals surface area (Å²) in [6, 6.07) is 0.505. The van der Waals surface area contributed by atoms with Gasteiger partial charge in [-0.15, -0.1) is 0 Å². The summed E-state index contributed by atoms with van der Waals surface area (Å²) in [5, 5.41) is 0. The van der Waals surface area contributed by atoms with Crippen molar-refractivity contribution in [1.29, 1.82) is 0 Å². The second-order valence-corrected chi connectivity index (χ2v) is 4.69. The molecule has 0 aliphatic carbocycles. The highest BCUT2D eigenvalue weighted by Crippen LogP contribution is 2.26. The van der Waals surface area contributed by atoms with Crippen molar-refractivity contribution < 1.29 is 0 Å². The quantitative estimate of drug-likeness (QED) is 0.684. The second-order valence-electron chi connectivity index (χ2n) is 4.69. The van der Waals surface area contributed by atoms with Crippen LogP contribution in [0, 0.1) is 0 Å². The predicted octanol–water partition coefficient (Wildman–Crippen LogP) is 4.29. The topological polar surface area (TPSA) is 3.24 Å². The highest BCUT2D eigenvalue weighted by Gasteiger charge is 2.15. The molecule has 0 spiro atoms. The van der Waals surface area contributed by atoms with E-state index in [1.54, 1.807) is 5.57 Å². The summed E-state index contributed by atoms with van der Waals surface area (Å²) in [6.45, 7) is 11.2. The summed E-state index contributed by atoms with van der Waals surface area (Å²) in [7, 11) is 2.16. The Labute approximate surface area is 101 Å². The van der Waals surface area contributed by atoms with E-state index in [9.17, 15) is 0 Å². The average Bonchev–Trinajstić information content (AvgIpc) is 2.26. The van der Waals surface area contributed by atoms with Gasteiger partial charge in [0.25, 0.3) is 0 Å². The molecule has 90 valence electrons. The largest absolute Gasteiger partial charge is 0.372 e. The third kappa shape index (κ3) is 2.58. The van der Waals surface area contributed by atoms with E-state index in [4.69, 9.17) is 0 Å². The van der Waals surface area contributed by atoms with E-state index in [0.717, 1.165) is 12.8 Å². The molecule has 0 N–H and O–H groups in total. The van der Waals surface area contributed by atoms with Crippen LogP contribution in [0.4, 0.5) is 0 Å². The molecule has 0 amide bonds. The number of likely N-dealkylation sites (N-methyl/N-ethyl adjacent to an activating group) is 1. The molecule has 1 unspecified atom stereocenters. The van der Waals surface area contributed by atoms with Crippen molar-refractivity contribution in [3.63, 3.8) is 0 Å². The summed E-state index contributed by atoms with van der Waals surface area (Å²) < 4.78 is 0. The Morgan fingerprint density at radius 1 is 1.31 bits per heavy atom. The summed E-state index contributed by atoms with van der Waals surface area (Å²) >= 11 is 0. The lowest BCUT2D eigenvalue weighted by molar-refractivity contribution is 0.367. The van der Waals surface area contributed by atoms with Gasteiger partial charge in [-0.3, -0.25) is 0 Å². The molecule has 1 heterocycles. The van der Waals surface area contributed by atoms with Crippen LogP contribution in [0.2, 0.25) is 0 Å². The molecule has 0 aromatic heterocycles. The van der Waals surface area contributed by atoms with Crippen LogP contribution >= 0.6 is 0 Å². The van der Waals surface area contributed by atoms with E-state index in [1.165, 1.54) is 16.8 Å². The van der Waals surface area contributed by atoms with E-state index < -0.39 is 0 Å². The highest BCUT2D eigenvalue weighted by molar-refractivity contribution is 5.45. The minimum atomic E-state index is 0.505. The molecular weight excluding hydrogens is 194 g/mol. The van der Waals surface area contributed by atoms with Gasteiger partial charge in [0.05, 0.1) is 0 Å². The van der Waals surface area contributed by atoms with Crippen LogP contribution in [0.3, 0.4) is 0 Å². The number of hydrogen-bond donors (Lipinski definition) is 0. The molecule has 16 heavy (non-hydrogen) atoms. The van der Waals surface area contributed by atoms with Crippen LogP contribution in [0.25, 0.3) is 0 Å². The van der Waals surface area contributed by atoms with E-state index in [1.807, 2.05) is 0 Å². The summed E-state index contributed by atoms with van der Waals surface area (Å²) in [5.74, 6) is 0. The first-order valence-electron chi connectivity index (χ1n) is 6.33. The Hall–Kier alpha value is -0.980. The Morgan fingerprint density at radius 2 is 1.88 bits per heavy atom. The van der Waals surface area contributed by atoms with Crippen molar-refractivity contribution in [2.75, 3.05) is 7.05 Å². The van der Waals surface area contributed by atoms with Crippen molar-refractivity contribution >= 4 is 0 Å². The average molecular weight is 219 g/mol. The van der Waals surface area contributed by atoms with Crippen molar-refractivity contribution in [3.05, 3.63) is 34.6 Å². The predicted molar refractivity (Wildman–Crippen MR) is 72.3 cm³/mol. The summed E-state index contributed by atoms with van der Waals surface area (Å²) in [6.07, 6.45) is 7.00. The minimum Gasteiger partial charge on any atom is -0.372 e. The van der Waals surface area contributed by atoms with Gasteiger partial charge in [0.1, 0.15) is 0 Å². The van der Waals surface area contributed by atoms with E-state index >= 15 is 0 Å². The molecule has 1 aliphatic rings. The zero-order chi connectivity index (χ0) is 12.3. The van der Waals surface area contributed by atoms with Crippen LogP contribution in [0.1, 0.15) is 47.5 Å². The van der Waals surface area contributed by atoms with Gasteiger partial charge in [-0.05, 0) is 50.8 Å². The molecule has 0 aromatic rings. The maximum atomic E-state index is 2.37. The van der Waals surface area contributed by atoms with Crippen LogP contribution < -0.4 is 0 Å². The highest BCUT2D eigenvalue weighted by atomic mass is 15.1. The monoisotopic (exact) mass is 219 g/mol. The minimum absolute atomic E-state index is 0.505. The Balaban J connectivity index is 3.07. The molecule has 0 aromatic carbocycles. The van der Waals surface area contributed by atoms with E-state index in [-0.39, 0.29) is 0 Å². The van der Waals surface area contributed by atoms with Gasteiger partial charge in [-0.1, -0.05) is 25.5 Å². The summed E-state index contributed by atoms with van der Waals surface area (Å²) in [5.41, 5.74) is 5.83. The van der Waals surface area contributed by atoms with Crippen LogP contribution in [0.15, 0.2) is 34.6 Å². The number of hydrogen-bond acceptors (Lipinski definition) is 1. The second kappa shape index (κ2) is 5.38. The van der Waals surface area contributed by atoms with Gasteiger partial charge >= 0.3 is 0 Å². The normalized spacial score (nSPS) is 20.4. The van der Waals surface area contributed by atoms with Crippen LogP contribution in [0.5, 0.6) is 0 Å². The lowest BCUT2D eigenvalue weighted by Crippen LogP contribution is -2.28. The van der Waals surface area contributed by atoms with Crippen LogP contribution in [-0.4, -0.2) is 18.0 Å². The first kappa shape index (κ1) is 13.1. The Bertz CT molecular complexity index is 338. The van der Waals surface area contributed by atoms with Gasteiger partial charge in [-0.25, -0.2) is 0 Å². The molecule has 1 nitrogen and oxygen atoms in total. The zero-order valence-corrected chi connectivity index (χ0v) is 11.6. The van der Waals surface area contributed by atoms with Crippen molar-refractivity contribution in [3.8, 4) is 0 Å². The van der Waals surface area contributed by atoms with E-state index in [0.29, 0.717) is 6.04 Å². The lowest BCUT2D eigenvalue weighted by Gasteiger charge is -2.30. The molecule has 1 heteroatoms. The Morgan fingerprint density at radius 3 is 2.31 bits per heavy atom. The van der Waals surface area contributed by atoms with Gasteiger partial charge < -0.3 is 4.90 Å². The molecule has 1 atom stereocenters. The SMILES string of the molecule is CCC(CC)=C(C)C1=CC(C)N(C)C(C)=C1. The summed E-state index contributed by atoms with van der Waals surface area (Å²) in [4.78, 5) is 2.31. The fourth-order valence-electron chi connectivity index (χ4n) is 2.29. The van der Waals surface area contributed by atoms with E-state index in [2.05, 4.69) is 58.7 Å². The number of rotatable bonds is 3. The van der Waals surface area contributed by atoms with Gasteiger partial charge in [0.2, 0.25) is 0 Å². The van der Waals surface area contributed by atoms with Crippen LogP contribution in [-0.2, 0) is 0 Å². The third-order valence-electron chi connectivity index (χ3n) is 3.77. The fourth-order valence-corrected chi connectivity index (χ4v) is 2.29. The van der Waals surface area contributed by atoms with Crippen molar-refractivity contribution in [2.45, 2.75) is 53.5 Å². The van der Waals surface area contributed by atoms with Gasteiger partial charge in [0, 0.05) is 18.8 Å². The number of nitrogens with zero attached hydrogens (tertiary/aromatic N) is 1.